The van der Waals surface area contributed by atoms with Gasteiger partial charge in [0.25, 0.3) is 0 Å². The molecule has 7 nitrogen and oxygen atoms in total. The highest BCUT2D eigenvalue weighted by Crippen LogP contribution is 2.32. The third-order valence-electron chi connectivity index (χ3n) is 4.93. The van der Waals surface area contributed by atoms with Gasteiger partial charge < -0.3 is 14.8 Å². The molecule has 0 radical (unpaired) electrons. The van der Waals surface area contributed by atoms with Crippen molar-refractivity contribution in [3.05, 3.63) is 47.2 Å². The monoisotopic (exact) mass is 456 g/mol. The molecule has 1 fully saturated rings. The number of hydrogen-bond acceptors (Lipinski definition) is 5. The van der Waals surface area contributed by atoms with Gasteiger partial charge in [0, 0.05) is 24.8 Å². The van der Waals surface area contributed by atoms with Crippen molar-refractivity contribution in [1.29, 1.82) is 0 Å². The zero-order chi connectivity index (χ0) is 21.9. The van der Waals surface area contributed by atoms with E-state index < -0.39 is 21.8 Å². The molecule has 3 rings (SSSR count). The third kappa shape index (κ3) is 4.69. The van der Waals surface area contributed by atoms with Gasteiger partial charge in [-0.1, -0.05) is 11.6 Å². The maximum Gasteiger partial charge on any atom is 0.243 e. The van der Waals surface area contributed by atoms with Crippen LogP contribution in [0, 0.1) is 11.7 Å². The molecular formula is C20H22ClFN2O5S. The highest BCUT2D eigenvalue weighted by Gasteiger charge is 2.34. The molecule has 2 aromatic rings. The number of sulfonamides is 1. The van der Waals surface area contributed by atoms with Crippen molar-refractivity contribution in [2.45, 2.75) is 17.7 Å². The predicted octanol–water partition coefficient (Wildman–Crippen LogP) is 3.54. The Morgan fingerprint density at radius 1 is 1.17 bits per heavy atom. The van der Waals surface area contributed by atoms with Crippen molar-refractivity contribution in [3.8, 4) is 11.5 Å². The van der Waals surface area contributed by atoms with E-state index >= 15 is 0 Å². The van der Waals surface area contributed by atoms with Crippen molar-refractivity contribution in [2.24, 2.45) is 5.92 Å². The molecule has 10 heteroatoms. The van der Waals surface area contributed by atoms with E-state index in [1.165, 1.54) is 48.9 Å². The van der Waals surface area contributed by atoms with Crippen LogP contribution in [0.1, 0.15) is 12.8 Å². The van der Waals surface area contributed by atoms with Crippen LogP contribution in [-0.2, 0) is 14.8 Å². The summed E-state index contributed by atoms with van der Waals surface area (Å²) in [5.41, 5.74) is 0.353. The molecule has 30 heavy (non-hydrogen) atoms. The molecule has 0 unspecified atom stereocenters. The minimum Gasteiger partial charge on any atom is -0.493 e. The molecule has 1 aliphatic heterocycles. The van der Waals surface area contributed by atoms with Crippen LogP contribution in [0.5, 0.6) is 11.5 Å². The molecule has 1 saturated heterocycles. The molecule has 0 saturated carbocycles. The lowest BCUT2D eigenvalue weighted by Gasteiger charge is -2.31. The van der Waals surface area contributed by atoms with Gasteiger partial charge in [0.15, 0.2) is 11.5 Å². The van der Waals surface area contributed by atoms with Crippen molar-refractivity contribution in [2.75, 3.05) is 32.6 Å². The fourth-order valence-corrected chi connectivity index (χ4v) is 5.04. The zero-order valence-corrected chi connectivity index (χ0v) is 18.1. The van der Waals surface area contributed by atoms with Crippen molar-refractivity contribution < 1.29 is 27.1 Å². The lowest BCUT2D eigenvalue weighted by atomic mass is 9.99. The Bertz CT molecular complexity index is 1050. The number of nitrogens with zero attached hydrogens (tertiary/aromatic N) is 1. The van der Waals surface area contributed by atoms with Gasteiger partial charge in [-0.3, -0.25) is 4.79 Å². The summed E-state index contributed by atoms with van der Waals surface area (Å²) in [7, 11) is -0.930. The number of carbonyl (C=O) groups excluding carboxylic acids is 1. The SMILES string of the molecule is COc1ccc(S(=O)(=O)N2CCC[C@H](C(=O)Nc3ccc(F)c(Cl)c3)C2)cc1OC. The summed E-state index contributed by atoms with van der Waals surface area (Å²) in [6.45, 7) is 0.347. The van der Waals surface area contributed by atoms with E-state index in [0.29, 0.717) is 36.6 Å². The second-order valence-corrected chi connectivity index (χ2v) is 9.18. The number of methoxy groups -OCH3 is 2. The fraction of sp³-hybridized carbons (Fsp3) is 0.350. The maximum absolute atomic E-state index is 13.3. The first-order valence-electron chi connectivity index (χ1n) is 9.24. The van der Waals surface area contributed by atoms with Crippen LogP contribution in [0.25, 0.3) is 0 Å². The summed E-state index contributed by atoms with van der Waals surface area (Å²) < 4.78 is 51.1. The number of piperidine rings is 1. The Kier molecular flexibility index (Phi) is 6.84. The van der Waals surface area contributed by atoms with Gasteiger partial charge in [0.05, 0.1) is 30.1 Å². The zero-order valence-electron chi connectivity index (χ0n) is 16.5. The van der Waals surface area contributed by atoms with E-state index in [4.69, 9.17) is 21.1 Å². The fourth-order valence-electron chi connectivity index (χ4n) is 3.32. The lowest BCUT2D eigenvalue weighted by molar-refractivity contribution is -0.120. The van der Waals surface area contributed by atoms with Crippen LogP contribution in [0.3, 0.4) is 0 Å². The molecule has 162 valence electrons. The minimum absolute atomic E-state index is 0.0391. The number of amides is 1. The van der Waals surface area contributed by atoms with E-state index in [2.05, 4.69) is 5.32 Å². The first kappa shape index (κ1) is 22.3. The smallest absolute Gasteiger partial charge is 0.243 e. The molecule has 2 aromatic carbocycles. The molecule has 0 aromatic heterocycles. The Labute approximate surface area is 179 Å². The standard InChI is InChI=1S/C20H22ClFN2O5S/c1-28-18-8-6-15(11-19(18)29-2)30(26,27)24-9-3-4-13(12-24)20(25)23-14-5-7-17(22)16(21)10-14/h5-8,10-11,13H,3-4,9,12H2,1-2H3,(H,23,25)/t13-/m0/s1. The average Bonchev–Trinajstić information content (AvgIpc) is 2.75. The number of halogens is 2. The molecule has 1 amide bonds. The van der Waals surface area contributed by atoms with E-state index in [0.717, 1.165) is 6.07 Å². The Morgan fingerprint density at radius 2 is 1.90 bits per heavy atom. The van der Waals surface area contributed by atoms with Gasteiger partial charge in [0.1, 0.15) is 5.82 Å². The predicted molar refractivity (Wildman–Crippen MR) is 111 cm³/mol. The highest BCUT2D eigenvalue weighted by atomic mass is 35.5. The van der Waals surface area contributed by atoms with E-state index in [9.17, 15) is 17.6 Å². The van der Waals surface area contributed by atoms with Crippen LogP contribution >= 0.6 is 11.6 Å². The van der Waals surface area contributed by atoms with Gasteiger partial charge in [-0.2, -0.15) is 4.31 Å². The number of carbonyl (C=O) groups is 1. The van der Waals surface area contributed by atoms with Crippen LogP contribution in [-0.4, -0.2) is 45.9 Å². The van der Waals surface area contributed by atoms with Crippen LogP contribution < -0.4 is 14.8 Å². The second kappa shape index (κ2) is 9.20. The topological polar surface area (TPSA) is 84.9 Å². The second-order valence-electron chi connectivity index (χ2n) is 6.84. The molecule has 0 spiro atoms. The number of nitrogens with one attached hydrogen (secondary N) is 1. The van der Waals surface area contributed by atoms with Crippen LogP contribution in [0.15, 0.2) is 41.3 Å². The number of benzene rings is 2. The molecule has 1 aliphatic rings. The summed E-state index contributed by atoms with van der Waals surface area (Å²) in [6.07, 6.45) is 1.08. The van der Waals surface area contributed by atoms with Crippen molar-refractivity contribution >= 4 is 33.2 Å². The molecule has 0 aliphatic carbocycles. The molecule has 0 bridgehead atoms. The summed E-state index contributed by atoms with van der Waals surface area (Å²) in [5.74, 6) is -0.745. The molecule has 1 atom stereocenters. The summed E-state index contributed by atoms with van der Waals surface area (Å²) >= 11 is 5.75. The Balaban J connectivity index is 1.76. The van der Waals surface area contributed by atoms with Gasteiger partial charge in [0.2, 0.25) is 15.9 Å². The minimum atomic E-state index is -3.82. The Hall–Kier alpha value is -2.36. The third-order valence-corrected chi connectivity index (χ3v) is 7.09. The summed E-state index contributed by atoms with van der Waals surface area (Å²) in [5, 5.41) is 2.57. The first-order chi connectivity index (χ1) is 14.3. The highest BCUT2D eigenvalue weighted by molar-refractivity contribution is 7.89. The maximum atomic E-state index is 13.3. The van der Waals surface area contributed by atoms with E-state index in [-0.39, 0.29) is 22.4 Å². The number of rotatable bonds is 6. The van der Waals surface area contributed by atoms with Crippen LogP contribution in [0.2, 0.25) is 5.02 Å². The Morgan fingerprint density at radius 3 is 2.57 bits per heavy atom. The summed E-state index contributed by atoms with van der Waals surface area (Å²) in [4.78, 5) is 12.7. The van der Waals surface area contributed by atoms with Gasteiger partial charge in [-0.05, 0) is 43.2 Å². The van der Waals surface area contributed by atoms with E-state index in [1.807, 2.05) is 0 Å². The number of ether oxygens (including phenoxy) is 2. The van der Waals surface area contributed by atoms with Crippen molar-refractivity contribution in [1.82, 2.24) is 4.31 Å². The van der Waals surface area contributed by atoms with Gasteiger partial charge in [-0.15, -0.1) is 0 Å². The normalized spacial score (nSPS) is 17.4. The molecule has 1 N–H and O–H groups in total. The largest absolute Gasteiger partial charge is 0.493 e. The molecular weight excluding hydrogens is 435 g/mol. The summed E-state index contributed by atoms with van der Waals surface area (Å²) in [6, 6.07) is 8.25. The quantitative estimate of drug-likeness (QED) is 0.718. The number of anilines is 1. The molecule has 1 heterocycles. The first-order valence-corrected chi connectivity index (χ1v) is 11.1. The van der Waals surface area contributed by atoms with Crippen molar-refractivity contribution in [3.63, 3.8) is 0 Å². The van der Waals surface area contributed by atoms with Gasteiger partial charge in [-0.25, -0.2) is 12.8 Å². The van der Waals surface area contributed by atoms with Gasteiger partial charge >= 0.3 is 0 Å². The van der Waals surface area contributed by atoms with Crippen LogP contribution in [0.4, 0.5) is 10.1 Å². The lowest BCUT2D eigenvalue weighted by Crippen LogP contribution is -2.43. The average molecular weight is 457 g/mol. The number of hydrogen-bond donors (Lipinski definition) is 1. The van der Waals surface area contributed by atoms with E-state index in [1.54, 1.807) is 0 Å².